The largest absolute Gasteiger partial charge is 0.379 e. The lowest BCUT2D eigenvalue weighted by Gasteiger charge is -2.39. The SMILES string of the molecule is COC(C)(C)CC1(C)COCC(=O)N1. The number of ether oxygens (including phenoxy) is 2. The molecule has 1 saturated heterocycles. The third kappa shape index (κ3) is 2.96. The minimum Gasteiger partial charge on any atom is -0.379 e. The van der Waals surface area contributed by atoms with Crippen molar-refractivity contribution >= 4 is 5.91 Å². The maximum atomic E-state index is 11.2. The van der Waals surface area contributed by atoms with Crippen molar-refractivity contribution in [2.24, 2.45) is 0 Å². The highest BCUT2D eigenvalue weighted by Gasteiger charge is 2.36. The Balaban J connectivity index is 2.61. The molecule has 1 unspecified atom stereocenters. The Hall–Kier alpha value is -0.610. The summed E-state index contributed by atoms with van der Waals surface area (Å²) in [5.74, 6) is -0.0503. The van der Waals surface area contributed by atoms with Gasteiger partial charge in [-0.15, -0.1) is 0 Å². The van der Waals surface area contributed by atoms with E-state index in [1.54, 1.807) is 7.11 Å². The Morgan fingerprint density at radius 2 is 2.29 bits per heavy atom. The van der Waals surface area contributed by atoms with Gasteiger partial charge in [-0.1, -0.05) is 0 Å². The highest BCUT2D eigenvalue weighted by atomic mass is 16.5. The van der Waals surface area contributed by atoms with E-state index in [1.165, 1.54) is 0 Å². The number of carbonyl (C=O) groups is 1. The fourth-order valence-electron chi connectivity index (χ4n) is 1.88. The molecule has 1 amide bonds. The van der Waals surface area contributed by atoms with Crippen LogP contribution >= 0.6 is 0 Å². The van der Waals surface area contributed by atoms with Gasteiger partial charge in [0.25, 0.3) is 0 Å². The van der Waals surface area contributed by atoms with E-state index in [0.29, 0.717) is 6.61 Å². The second-order valence-corrected chi connectivity index (χ2v) is 4.74. The molecule has 0 aromatic rings. The number of rotatable bonds is 3. The van der Waals surface area contributed by atoms with Crippen LogP contribution in [0.15, 0.2) is 0 Å². The molecule has 1 aliphatic rings. The van der Waals surface area contributed by atoms with E-state index in [0.717, 1.165) is 6.42 Å². The summed E-state index contributed by atoms with van der Waals surface area (Å²) in [6, 6.07) is 0. The number of nitrogens with one attached hydrogen (secondary N) is 1. The molecule has 1 rings (SSSR count). The van der Waals surface area contributed by atoms with Crippen LogP contribution in [0, 0.1) is 0 Å². The molecule has 0 spiro atoms. The summed E-state index contributed by atoms with van der Waals surface area (Å²) >= 11 is 0. The fourth-order valence-corrected chi connectivity index (χ4v) is 1.88. The van der Waals surface area contributed by atoms with E-state index in [9.17, 15) is 4.79 Å². The van der Waals surface area contributed by atoms with Crippen LogP contribution in [0.25, 0.3) is 0 Å². The summed E-state index contributed by atoms with van der Waals surface area (Å²) in [4.78, 5) is 11.2. The summed E-state index contributed by atoms with van der Waals surface area (Å²) in [6.07, 6.45) is 0.738. The van der Waals surface area contributed by atoms with Crippen molar-refractivity contribution in [1.29, 1.82) is 0 Å². The van der Waals surface area contributed by atoms with Crippen LogP contribution in [0.3, 0.4) is 0 Å². The number of hydrogen-bond donors (Lipinski definition) is 1. The van der Waals surface area contributed by atoms with Gasteiger partial charge < -0.3 is 14.8 Å². The van der Waals surface area contributed by atoms with Crippen molar-refractivity contribution in [1.82, 2.24) is 5.32 Å². The van der Waals surface area contributed by atoms with Gasteiger partial charge >= 0.3 is 0 Å². The normalized spacial score (nSPS) is 28.7. The number of morpholine rings is 1. The third-order valence-electron chi connectivity index (χ3n) is 2.46. The molecular weight excluding hydrogens is 182 g/mol. The molecule has 4 nitrogen and oxygen atoms in total. The molecule has 0 aliphatic carbocycles. The van der Waals surface area contributed by atoms with Crippen molar-refractivity contribution in [2.45, 2.75) is 38.3 Å². The van der Waals surface area contributed by atoms with Crippen LogP contribution in [0.4, 0.5) is 0 Å². The smallest absolute Gasteiger partial charge is 0.246 e. The van der Waals surface area contributed by atoms with Gasteiger partial charge in [0.05, 0.1) is 17.7 Å². The van der Waals surface area contributed by atoms with Crippen molar-refractivity contribution < 1.29 is 14.3 Å². The quantitative estimate of drug-likeness (QED) is 0.731. The molecule has 0 aromatic heterocycles. The van der Waals surface area contributed by atoms with Crippen molar-refractivity contribution in [3.05, 3.63) is 0 Å². The van der Waals surface area contributed by atoms with Gasteiger partial charge in [0.2, 0.25) is 5.91 Å². The van der Waals surface area contributed by atoms with Gasteiger partial charge in [0.15, 0.2) is 0 Å². The standard InChI is InChI=1S/C10H19NO3/c1-9(2,13-4)6-10(3)7-14-5-8(12)11-10/h5-7H2,1-4H3,(H,11,12). The molecule has 14 heavy (non-hydrogen) atoms. The third-order valence-corrected chi connectivity index (χ3v) is 2.46. The van der Waals surface area contributed by atoms with Crippen LogP contribution in [-0.4, -0.2) is 37.4 Å². The molecule has 82 valence electrons. The maximum absolute atomic E-state index is 11.2. The molecule has 0 radical (unpaired) electrons. The highest BCUT2D eigenvalue weighted by Crippen LogP contribution is 2.24. The Morgan fingerprint density at radius 1 is 1.64 bits per heavy atom. The summed E-state index contributed by atoms with van der Waals surface area (Å²) < 4.78 is 10.6. The van der Waals surface area contributed by atoms with Crippen LogP contribution in [0.1, 0.15) is 27.2 Å². The van der Waals surface area contributed by atoms with Gasteiger partial charge in [-0.3, -0.25) is 4.79 Å². The second-order valence-electron chi connectivity index (χ2n) is 4.74. The van der Waals surface area contributed by atoms with E-state index < -0.39 is 0 Å². The zero-order chi connectivity index (χ0) is 10.8. The molecule has 0 saturated carbocycles. The Labute approximate surface area is 85.0 Å². The first-order valence-corrected chi connectivity index (χ1v) is 4.81. The second kappa shape index (κ2) is 3.87. The van der Waals surface area contributed by atoms with Crippen molar-refractivity contribution in [3.63, 3.8) is 0 Å². The monoisotopic (exact) mass is 201 g/mol. The molecule has 1 atom stereocenters. The number of amides is 1. The predicted molar refractivity (Wildman–Crippen MR) is 53.1 cm³/mol. The van der Waals surface area contributed by atoms with Crippen LogP contribution < -0.4 is 5.32 Å². The van der Waals surface area contributed by atoms with Crippen LogP contribution in [0.2, 0.25) is 0 Å². The van der Waals surface area contributed by atoms with Crippen molar-refractivity contribution in [2.75, 3.05) is 20.3 Å². The summed E-state index contributed by atoms with van der Waals surface area (Å²) in [5.41, 5.74) is -0.558. The zero-order valence-electron chi connectivity index (χ0n) is 9.35. The van der Waals surface area contributed by atoms with Gasteiger partial charge in [-0.2, -0.15) is 0 Å². The van der Waals surface area contributed by atoms with E-state index >= 15 is 0 Å². The molecule has 4 heteroatoms. The van der Waals surface area contributed by atoms with Crippen LogP contribution in [-0.2, 0) is 14.3 Å². The van der Waals surface area contributed by atoms with Gasteiger partial charge in [0, 0.05) is 13.5 Å². The summed E-state index contributed by atoms with van der Waals surface area (Å²) in [5, 5.41) is 2.94. The Morgan fingerprint density at radius 3 is 2.79 bits per heavy atom. The number of hydrogen-bond acceptors (Lipinski definition) is 3. The number of methoxy groups -OCH3 is 1. The average Bonchev–Trinajstić information content (AvgIpc) is 2.01. The first kappa shape index (κ1) is 11.5. The average molecular weight is 201 g/mol. The lowest BCUT2D eigenvalue weighted by atomic mass is 9.87. The number of carbonyl (C=O) groups excluding carboxylic acids is 1. The first-order chi connectivity index (χ1) is 6.37. The Bertz CT molecular complexity index is 227. The van der Waals surface area contributed by atoms with Gasteiger partial charge in [0.1, 0.15) is 6.61 Å². The molecular formula is C10H19NO3. The van der Waals surface area contributed by atoms with Gasteiger partial charge in [-0.05, 0) is 20.8 Å². The highest BCUT2D eigenvalue weighted by molar-refractivity contribution is 5.78. The lowest BCUT2D eigenvalue weighted by molar-refractivity contribution is -0.137. The maximum Gasteiger partial charge on any atom is 0.246 e. The molecule has 1 N–H and O–H groups in total. The van der Waals surface area contributed by atoms with Gasteiger partial charge in [-0.25, -0.2) is 0 Å². The van der Waals surface area contributed by atoms with E-state index in [2.05, 4.69) is 5.32 Å². The lowest BCUT2D eigenvalue weighted by Crippen LogP contribution is -2.57. The first-order valence-electron chi connectivity index (χ1n) is 4.81. The van der Waals surface area contributed by atoms with E-state index in [4.69, 9.17) is 9.47 Å². The zero-order valence-corrected chi connectivity index (χ0v) is 9.35. The topological polar surface area (TPSA) is 47.6 Å². The van der Waals surface area contributed by atoms with E-state index in [1.807, 2.05) is 20.8 Å². The van der Waals surface area contributed by atoms with Crippen molar-refractivity contribution in [3.8, 4) is 0 Å². The van der Waals surface area contributed by atoms with Crippen LogP contribution in [0.5, 0.6) is 0 Å². The minimum atomic E-state index is -0.311. The molecule has 1 fully saturated rings. The minimum absolute atomic E-state index is 0.0503. The molecule has 0 bridgehead atoms. The fraction of sp³-hybridized carbons (Fsp3) is 0.900. The summed E-state index contributed by atoms with van der Waals surface area (Å²) in [6.45, 7) is 6.69. The molecule has 0 aromatic carbocycles. The van der Waals surface area contributed by atoms with E-state index in [-0.39, 0.29) is 23.7 Å². The Kier molecular flexibility index (Phi) is 3.17. The summed E-state index contributed by atoms with van der Waals surface area (Å²) in [7, 11) is 1.68. The predicted octanol–water partition coefficient (Wildman–Crippen LogP) is 0.707. The molecule has 1 heterocycles. The molecule has 1 aliphatic heterocycles.